The number of methoxy groups -OCH3 is 1. The first-order valence-corrected chi connectivity index (χ1v) is 5.56. The minimum Gasteiger partial charge on any atom is -0.487 e. The Bertz CT molecular complexity index is 365. The summed E-state index contributed by atoms with van der Waals surface area (Å²) in [5, 5.41) is 11.2. The average molecular weight is 237 g/mol. The molecule has 0 aromatic heterocycles. The smallest absolute Gasteiger partial charge is 0.127 e. The van der Waals surface area contributed by atoms with Gasteiger partial charge >= 0.3 is 0 Å². The molecule has 1 rings (SSSR count). The fourth-order valence-corrected chi connectivity index (χ4v) is 1.79. The highest BCUT2D eigenvalue weighted by Gasteiger charge is 2.06. The van der Waals surface area contributed by atoms with E-state index in [0.29, 0.717) is 0 Å². The standard InChI is InChI=1S/C13H19NO3/c1-10-8-12(4-6-16-3)9-11(2)13(10)17-7-5-14-15/h5,8-9,15H,4,6-7H2,1-3H3/b14-5-. The number of oxime groups is 1. The van der Waals surface area contributed by atoms with Crippen molar-refractivity contribution in [3.05, 3.63) is 28.8 Å². The second kappa shape index (κ2) is 6.91. The molecule has 4 heteroatoms. The molecule has 0 aliphatic carbocycles. The molecule has 0 amide bonds. The van der Waals surface area contributed by atoms with Crippen molar-refractivity contribution >= 4 is 6.21 Å². The first-order chi connectivity index (χ1) is 8.19. The van der Waals surface area contributed by atoms with Crippen LogP contribution in [-0.4, -0.2) is 31.7 Å². The van der Waals surface area contributed by atoms with E-state index in [1.807, 2.05) is 13.8 Å². The number of hydrogen-bond acceptors (Lipinski definition) is 4. The van der Waals surface area contributed by atoms with Gasteiger partial charge in [-0.2, -0.15) is 0 Å². The van der Waals surface area contributed by atoms with E-state index in [1.165, 1.54) is 11.8 Å². The molecular weight excluding hydrogens is 218 g/mol. The molecule has 0 saturated heterocycles. The molecule has 0 radical (unpaired) electrons. The summed E-state index contributed by atoms with van der Waals surface area (Å²) in [7, 11) is 1.70. The van der Waals surface area contributed by atoms with Crippen LogP contribution in [0.25, 0.3) is 0 Å². The summed E-state index contributed by atoms with van der Waals surface area (Å²) < 4.78 is 10.6. The molecule has 0 heterocycles. The minimum atomic E-state index is 0.273. The summed E-state index contributed by atoms with van der Waals surface area (Å²) in [6, 6.07) is 4.19. The topological polar surface area (TPSA) is 51.0 Å². The van der Waals surface area contributed by atoms with Crippen LogP contribution >= 0.6 is 0 Å². The molecule has 0 aliphatic rings. The Morgan fingerprint density at radius 1 is 1.29 bits per heavy atom. The summed E-state index contributed by atoms with van der Waals surface area (Å²) >= 11 is 0. The predicted octanol–water partition coefficient (Wildman–Crippen LogP) is 2.33. The van der Waals surface area contributed by atoms with Gasteiger partial charge in [-0.15, -0.1) is 0 Å². The van der Waals surface area contributed by atoms with E-state index in [2.05, 4.69) is 17.3 Å². The molecule has 0 aliphatic heterocycles. The van der Waals surface area contributed by atoms with Crippen LogP contribution in [0, 0.1) is 13.8 Å². The molecule has 0 bridgehead atoms. The fourth-order valence-electron chi connectivity index (χ4n) is 1.79. The summed E-state index contributed by atoms with van der Waals surface area (Å²) in [5.74, 6) is 0.853. The predicted molar refractivity (Wildman–Crippen MR) is 67.3 cm³/mol. The highest BCUT2D eigenvalue weighted by atomic mass is 16.5. The zero-order chi connectivity index (χ0) is 12.7. The molecule has 0 atom stereocenters. The molecule has 17 heavy (non-hydrogen) atoms. The molecule has 0 spiro atoms. The number of ether oxygens (including phenoxy) is 2. The van der Waals surface area contributed by atoms with Gasteiger partial charge in [0.15, 0.2) is 0 Å². The maximum Gasteiger partial charge on any atom is 0.127 e. The van der Waals surface area contributed by atoms with Crippen LogP contribution in [0.2, 0.25) is 0 Å². The average Bonchev–Trinajstić information content (AvgIpc) is 2.30. The Morgan fingerprint density at radius 3 is 2.47 bits per heavy atom. The van der Waals surface area contributed by atoms with E-state index >= 15 is 0 Å². The summed E-state index contributed by atoms with van der Waals surface area (Å²) in [4.78, 5) is 0. The zero-order valence-corrected chi connectivity index (χ0v) is 10.6. The van der Waals surface area contributed by atoms with Gasteiger partial charge in [-0.3, -0.25) is 0 Å². The molecule has 1 N–H and O–H groups in total. The largest absolute Gasteiger partial charge is 0.487 e. The highest BCUT2D eigenvalue weighted by molar-refractivity contribution is 5.58. The van der Waals surface area contributed by atoms with Crippen molar-refractivity contribution in [2.45, 2.75) is 20.3 Å². The Kier molecular flexibility index (Phi) is 5.49. The van der Waals surface area contributed by atoms with Gasteiger partial charge in [0.2, 0.25) is 0 Å². The van der Waals surface area contributed by atoms with Gasteiger partial charge < -0.3 is 14.7 Å². The van der Waals surface area contributed by atoms with Crippen molar-refractivity contribution in [1.82, 2.24) is 0 Å². The van der Waals surface area contributed by atoms with Gasteiger partial charge in [-0.05, 0) is 37.0 Å². The van der Waals surface area contributed by atoms with Gasteiger partial charge in [0.05, 0.1) is 12.8 Å². The minimum absolute atomic E-state index is 0.273. The third kappa shape index (κ3) is 4.07. The fraction of sp³-hybridized carbons (Fsp3) is 0.462. The Labute approximate surface area is 102 Å². The monoisotopic (exact) mass is 237 g/mol. The van der Waals surface area contributed by atoms with Gasteiger partial charge in [0.1, 0.15) is 12.4 Å². The second-order valence-corrected chi connectivity index (χ2v) is 3.91. The second-order valence-electron chi connectivity index (χ2n) is 3.91. The van der Waals surface area contributed by atoms with Crippen molar-refractivity contribution in [1.29, 1.82) is 0 Å². The summed E-state index contributed by atoms with van der Waals surface area (Å²) in [5.41, 5.74) is 3.41. The van der Waals surface area contributed by atoms with E-state index < -0.39 is 0 Å². The molecule has 1 aromatic rings. The van der Waals surface area contributed by atoms with Crippen molar-refractivity contribution in [2.75, 3.05) is 20.3 Å². The summed E-state index contributed by atoms with van der Waals surface area (Å²) in [6.45, 7) is 5.01. The third-order valence-electron chi connectivity index (χ3n) is 2.50. The van der Waals surface area contributed by atoms with Gasteiger partial charge in [0, 0.05) is 7.11 Å². The van der Waals surface area contributed by atoms with Crippen LogP contribution in [0.4, 0.5) is 0 Å². The molecule has 1 aromatic carbocycles. The van der Waals surface area contributed by atoms with Crippen molar-refractivity contribution < 1.29 is 14.7 Å². The van der Waals surface area contributed by atoms with Gasteiger partial charge in [0.25, 0.3) is 0 Å². The molecular formula is C13H19NO3. The Morgan fingerprint density at radius 2 is 1.94 bits per heavy atom. The lowest BCUT2D eigenvalue weighted by Crippen LogP contribution is -2.03. The van der Waals surface area contributed by atoms with Gasteiger partial charge in [-0.1, -0.05) is 17.3 Å². The lowest BCUT2D eigenvalue weighted by molar-refractivity contribution is 0.202. The van der Waals surface area contributed by atoms with Crippen LogP contribution in [0.1, 0.15) is 16.7 Å². The van der Waals surface area contributed by atoms with Crippen LogP contribution in [0.3, 0.4) is 0 Å². The molecule has 0 fully saturated rings. The van der Waals surface area contributed by atoms with Crippen LogP contribution in [-0.2, 0) is 11.2 Å². The molecule has 0 unspecified atom stereocenters. The van der Waals surface area contributed by atoms with Crippen LogP contribution in [0.5, 0.6) is 5.75 Å². The van der Waals surface area contributed by atoms with E-state index in [4.69, 9.17) is 14.7 Å². The van der Waals surface area contributed by atoms with Crippen molar-refractivity contribution in [3.8, 4) is 5.75 Å². The van der Waals surface area contributed by atoms with Crippen molar-refractivity contribution in [3.63, 3.8) is 0 Å². The zero-order valence-electron chi connectivity index (χ0n) is 10.6. The Hall–Kier alpha value is -1.55. The molecule has 4 nitrogen and oxygen atoms in total. The lowest BCUT2D eigenvalue weighted by atomic mass is 10.0. The van der Waals surface area contributed by atoms with E-state index in [9.17, 15) is 0 Å². The van der Waals surface area contributed by atoms with Gasteiger partial charge in [-0.25, -0.2) is 0 Å². The highest BCUT2D eigenvalue weighted by Crippen LogP contribution is 2.24. The van der Waals surface area contributed by atoms with E-state index in [-0.39, 0.29) is 6.61 Å². The molecule has 94 valence electrons. The van der Waals surface area contributed by atoms with E-state index in [0.717, 1.165) is 29.9 Å². The maximum absolute atomic E-state index is 8.30. The SMILES string of the molecule is COCCc1cc(C)c(OC/C=N\O)c(C)c1. The van der Waals surface area contributed by atoms with Crippen LogP contribution < -0.4 is 4.74 Å². The number of benzene rings is 1. The normalized spacial score (nSPS) is 11.0. The number of aryl methyl sites for hydroxylation is 2. The number of nitrogens with zero attached hydrogens (tertiary/aromatic N) is 1. The van der Waals surface area contributed by atoms with E-state index in [1.54, 1.807) is 7.11 Å². The molecule has 0 saturated carbocycles. The van der Waals surface area contributed by atoms with Crippen molar-refractivity contribution in [2.24, 2.45) is 5.16 Å². The maximum atomic E-state index is 8.30. The third-order valence-corrected chi connectivity index (χ3v) is 2.50. The first kappa shape index (κ1) is 13.5. The lowest BCUT2D eigenvalue weighted by Gasteiger charge is -2.12. The first-order valence-electron chi connectivity index (χ1n) is 5.56. The Balaban J connectivity index is 2.78. The quantitative estimate of drug-likeness (QED) is 0.469. The number of rotatable bonds is 6. The number of hydrogen-bond donors (Lipinski definition) is 1. The summed E-state index contributed by atoms with van der Waals surface area (Å²) in [6.07, 6.45) is 2.22. The van der Waals surface area contributed by atoms with Crippen LogP contribution in [0.15, 0.2) is 17.3 Å².